The molecule has 1 aromatic carbocycles. The van der Waals surface area contributed by atoms with Crippen molar-refractivity contribution in [3.05, 3.63) is 52.7 Å². The summed E-state index contributed by atoms with van der Waals surface area (Å²) in [5, 5.41) is 4.14. The van der Waals surface area contributed by atoms with Crippen LogP contribution >= 0.6 is 11.6 Å². The number of pyridine rings is 1. The van der Waals surface area contributed by atoms with E-state index in [2.05, 4.69) is 37.1 Å². The van der Waals surface area contributed by atoms with E-state index in [0.29, 0.717) is 10.9 Å². The summed E-state index contributed by atoms with van der Waals surface area (Å²) in [6.45, 7) is 9.22. The molecule has 0 radical (unpaired) electrons. The number of nitrogens with one attached hydrogen (secondary N) is 1. The van der Waals surface area contributed by atoms with Crippen molar-refractivity contribution >= 4 is 11.6 Å². The first-order chi connectivity index (χ1) is 9.83. The van der Waals surface area contributed by atoms with Gasteiger partial charge in [-0.3, -0.25) is 0 Å². The standard InChI is InChI=1S/C17H21ClN2O/c1-12-9-13(11-20-17(2,3)4)10-19-16(12)21-15-7-5-14(18)6-8-15/h5-10,20H,11H2,1-4H3. The Morgan fingerprint density at radius 2 is 1.86 bits per heavy atom. The minimum Gasteiger partial charge on any atom is -0.439 e. The molecule has 1 aromatic heterocycles. The van der Waals surface area contributed by atoms with Gasteiger partial charge in [0.1, 0.15) is 5.75 Å². The summed E-state index contributed by atoms with van der Waals surface area (Å²) in [5.74, 6) is 1.35. The van der Waals surface area contributed by atoms with Gasteiger partial charge in [-0.15, -0.1) is 0 Å². The number of halogens is 1. The monoisotopic (exact) mass is 304 g/mol. The smallest absolute Gasteiger partial charge is 0.222 e. The Balaban J connectivity index is 2.07. The van der Waals surface area contributed by atoms with Crippen LogP contribution in [0.3, 0.4) is 0 Å². The third-order valence-corrected chi connectivity index (χ3v) is 3.19. The van der Waals surface area contributed by atoms with Gasteiger partial charge in [0.25, 0.3) is 0 Å². The fourth-order valence-electron chi connectivity index (χ4n) is 1.81. The summed E-state index contributed by atoms with van der Waals surface area (Å²) in [5.41, 5.74) is 2.25. The maximum Gasteiger partial charge on any atom is 0.222 e. The highest BCUT2D eigenvalue weighted by Crippen LogP contribution is 2.24. The largest absolute Gasteiger partial charge is 0.439 e. The average molecular weight is 305 g/mol. The maximum absolute atomic E-state index is 5.86. The first kappa shape index (κ1) is 15.8. The van der Waals surface area contributed by atoms with E-state index in [0.717, 1.165) is 23.4 Å². The highest BCUT2D eigenvalue weighted by atomic mass is 35.5. The molecular formula is C17H21ClN2O. The Labute approximate surface area is 131 Å². The van der Waals surface area contributed by atoms with Gasteiger partial charge in [0.15, 0.2) is 0 Å². The summed E-state index contributed by atoms with van der Waals surface area (Å²) in [6.07, 6.45) is 1.84. The lowest BCUT2D eigenvalue weighted by atomic mass is 10.1. The number of rotatable bonds is 4. The van der Waals surface area contributed by atoms with E-state index in [4.69, 9.17) is 16.3 Å². The molecule has 1 heterocycles. The van der Waals surface area contributed by atoms with Crippen LogP contribution in [0, 0.1) is 6.92 Å². The number of nitrogens with zero attached hydrogens (tertiary/aromatic N) is 1. The van der Waals surface area contributed by atoms with Crippen LogP contribution in [0.25, 0.3) is 0 Å². The number of hydrogen-bond acceptors (Lipinski definition) is 3. The van der Waals surface area contributed by atoms with E-state index in [1.54, 1.807) is 12.1 Å². The Morgan fingerprint density at radius 3 is 2.43 bits per heavy atom. The van der Waals surface area contributed by atoms with Crippen LogP contribution in [-0.4, -0.2) is 10.5 Å². The SMILES string of the molecule is Cc1cc(CNC(C)(C)C)cnc1Oc1ccc(Cl)cc1. The summed E-state index contributed by atoms with van der Waals surface area (Å²) in [6, 6.07) is 9.36. The zero-order valence-electron chi connectivity index (χ0n) is 12.9. The van der Waals surface area contributed by atoms with Gasteiger partial charge in [0.05, 0.1) is 0 Å². The second kappa shape index (κ2) is 6.46. The van der Waals surface area contributed by atoms with Gasteiger partial charge in [0.2, 0.25) is 5.88 Å². The molecule has 2 aromatic rings. The molecule has 112 valence electrons. The topological polar surface area (TPSA) is 34.2 Å². The van der Waals surface area contributed by atoms with Crippen molar-refractivity contribution in [2.75, 3.05) is 0 Å². The molecule has 0 bridgehead atoms. The van der Waals surface area contributed by atoms with E-state index in [-0.39, 0.29) is 5.54 Å². The maximum atomic E-state index is 5.86. The van der Waals surface area contributed by atoms with E-state index >= 15 is 0 Å². The molecule has 0 aliphatic carbocycles. The molecule has 0 saturated heterocycles. The normalized spacial score (nSPS) is 11.5. The van der Waals surface area contributed by atoms with Crippen molar-refractivity contribution in [2.24, 2.45) is 0 Å². The van der Waals surface area contributed by atoms with Crippen molar-refractivity contribution in [2.45, 2.75) is 39.8 Å². The zero-order chi connectivity index (χ0) is 15.5. The molecule has 4 heteroatoms. The van der Waals surface area contributed by atoms with Gasteiger partial charge in [-0.25, -0.2) is 4.98 Å². The summed E-state index contributed by atoms with van der Waals surface area (Å²) >= 11 is 5.86. The quantitative estimate of drug-likeness (QED) is 0.887. The lowest BCUT2D eigenvalue weighted by Gasteiger charge is -2.20. The second-order valence-electron chi connectivity index (χ2n) is 6.13. The molecule has 3 nitrogen and oxygen atoms in total. The van der Waals surface area contributed by atoms with Gasteiger partial charge in [-0.05, 0) is 63.6 Å². The predicted molar refractivity (Wildman–Crippen MR) is 87.1 cm³/mol. The summed E-state index contributed by atoms with van der Waals surface area (Å²) in [4.78, 5) is 4.40. The third kappa shape index (κ3) is 5.03. The lowest BCUT2D eigenvalue weighted by Crippen LogP contribution is -2.35. The van der Waals surface area contributed by atoms with Gasteiger partial charge in [-0.2, -0.15) is 0 Å². The minimum absolute atomic E-state index is 0.0897. The summed E-state index contributed by atoms with van der Waals surface area (Å²) < 4.78 is 5.77. The van der Waals surface area contributed by atoms with Crippen LogP contribution < -0.4 is 10.1 Å². The first-order valence-electron chi connectivity index (χ1n) is 6.97. The number of hydrogen-bond donors (Lipinski definition) is 1. The van der Waals surface area contributed by atoms with Crippen LogP contribution in [0.2, 0.25) is 5.02 Å². The molecule has 0 amide bonds. The highest BCUT2D eigenvalue weighted by Gasteiger charge is 2.10. The molecule has 0 spiro atoms. The Bertz CT molecular complexity index is 603. The molecule has 0 aliphatic heterocycles. The van der Waals surface area contributed by atoms with Crippen molar-refractivity contribution in [3.8, 4) is 11.6 Å². The van der Waals surface area contributed by atoms with Crippen LogP contribution in [-0.2, 0) is 6.54 Å². The zero-order valence-corrected chi connectivity index (χ0v) is 13.7. The van der Waals surface area contributed by atoms with Gasteiger partial charge in [-0.1, -0.05) is 11.6 Å². The van der Waals surface area contributed by atoms with Crippen LogP contribution in [0.4, 0.5) is 0 Å². The summed E-state index contributed by atoms with van der Waals surface area (Å²) in [7, 11) is 0. The molecule has 0 atom stereocenters. The minimum atomic E-state index is 0.0897. The molecular weight excluding hydrogens is 284 g/mol. The van der Waals surface area contributed by atoms with Gasteiger partial charge in [0, 0.05) is 28.9 Å². The molecule has 21 heavy (non-hydrogen) atoms. The molecule has 0 saturated carbocycles. The highest BCUT2D eigenvalue weighted by molar-refractivity contribution is 6.30. The van der Waals surface area contributed by atoms with E-state index in [1.807, 2.05) is 25.3 Å². The van der Waals surface area contributed by atoms with Crippen molar-refractivity contribution in [1.82, 2.24) is 10.3 Å². The number of aryl methyl sites for hydroxylation is 1. The molecule has 0 aliphatic rings. The Morgan fingerprint density at radius 1 is 1.19 bits per heavy atom. The third-order valence-electron chi connectivity index (χ3n) is 2.94. The van der Waals surface area contributed by atoms with Crippen molar-refractivity contribution < 1.29 is 4.74 Å². The Hall–Kier alpha value is -1.58. The first-order valence-corrected chi connectivity index (χ1v) is 7.35. The Kier molecular flexibility index (Phi) is 4.86. The van der Waals surface area contributed by atoms with Gasteiger partial charge < -0.3 is 10.1 Å². The average Bonchev–Trinajstić information content (AvgIpc) is 2.41. The second-order valence-corrected chi connectivity index (χ2v) is 6.56. The molecule has 1 N–H and O–H groups in total. The number of benzene rings is 1. The number of aromatic nitrogens is 1. The van der Waals surface area contributed by atoms with Crippen LogP contribution in [0.5, 0.6) is 11.6 Å². The van der Waals surface area contributed by atoms with Gasteiger partial charge >= 0.3 is 0 Å². The van der Waals surface area contributed by atoms with Crippen LogP contribution in [0.15, 0.2) is 36.5 Å². The van der Waals surface area contributed by atoms with Crippen LogP contribution in [0.1, 0.15) is 31.9 Å². The van der Waals surface area contributed by atoms with E-state index < -0.39 is 0 Å². The van der Waals surface area contributed by atoms with E-state index in [1.165, 1.54) is 0 Å². The molecule has 0 unspecified atom stereocenters. The van der Waals surface area contributed by atoms with Crippen molar-refractivity contribution in [1.29, 1.82) is 0 Å². The molecule has 2 rings (SSSR count). The predicted octanol–water partition coefficient (Wildman–Crippen LogP) is 4.72. The molecule has 0 fully saturated rings. The number of ether oxygens (including phenoxy) is 1. The fourth-order valence-corrected chi connectivity index (χ4v) is 1.93. The lowest BCUT2D eigenvalue weighted by molar-refractivity contribution is 0.422. The fraction of sp³-hybridized carbons (Fsp3) is 0.353. The van der Waals surface area contributed by atoms with Crippen molar-refractivity contribution in [3.63, 3.8) is 0 Å². The van der Waals surface area contributed by atoms with E-state index in [9.17, 15) is 0 Å².